The van der Waals surface area contributed by atoms with Gasteiger partial charge in [0.25, 0.3) is 0 Å². The molecule has 0 bridgehead atoms. The van der Waals surface area contributed by atoms with Gasteiger partial charge < -0.3 is 10.6 Å². The molecule has 0 saturated carbocycles. The molecule has 0 saturated heterocycles. The van der Waals surface area contributed by atoms with Gasteiger partial charge in [-0.2, -0.15) is 5.26 Å². The Balaban J connectivity index is 2.09. The number of hydrogen-bond acceptors (Lipinski definition) is 3. The van der Waals surface area contributed by atoms with Crippen molar-refractivity contribution in [1.29, 1.82) is 5.26 Å². The maximum absolute atomic E-state index is 12.5. The van der Waals surface area contributed by atoms with E-state index < -0.39 is 17.2 Å². The second-order valence-corrected chi connectivity index (χ2v) is 6.65. The van der Waals surface area contributed by atoms with Crippen molar-refractivity contribution < 1.29 is 9.59 Å². The smallest absolute Gasteiger partial charge is 0.239 e. The standard InChI is InChI=1S/C18H16BrN3O2/c1-18(2,16(23)21-14-8-6-13(19)7-9-14)17(24)22-15-5-3-4-12(10-15)11-20/h3-10H,1-2H3,(H,21,23)(H,22,24). The molecule has 5 nitrogen and oxygen atoms in total. The van der Waals surface area contributed by atoms with E-state index in [1.165, 1.54) is 0 Å². The molecule has 0 heterocycles. The van der Waals surface area contributed by atoms with Crippen LogP contribution in [0.2, 0.25) is 0 Å². The number of nitriles is 1. The summed E-state index contributed by atoms with van der Waals surface area (Å²) in [4.78, 5) is 24.9. The van der Waals surface area contributed by atoms with E-state index in [1.807, 2.05) is 6.07 Å². The lowest BCUT2D eigenvalue weighted by Crippen LogP contribution is -2.41. The van der Waals surface area contributed by atoms with Crippen molar-refractivity contribution in [3.8, 4) is 6.07 Å². The lowest BCUT2D eigenvalue weighted by Gasteiger charge is -2.22. The van der Waals surface area contributed by atoms with Crippen LogP contribution >= 0.6 is 15.9 Å². The number of halogens is 1. The normalized spacial score (nSPS) is 10.6. The third-order valence-corrected chi connectivity index (χ3v) is 4.02. The van der Waals surface area contributed by atoms with Gasteiger partial charge in [-0.1, -0.05) is 22.0 Å². The summed E-state index contributed by atoms with van der Waals surface area (Å²) in [5.74, 6) is -0.869. The van der Waals surface area contributed by atoms with Crippen molar-refractivity contribution in [1.82, 2.24) is 0 Å². The highest BCUT2D eigenvalue weighted by Crippen LogP contribution is 2.23. The number of hydrogen-bond donors (Lipinski definition) is 2. The van der Waals surface area contributed by atoms with Gasteiger partial charge in [-0.25, -0.2) is 0 Å². The van der Waals surface area contributed by atoms with Gasteiger partial charge in [0.05, 0.1) is 11.6 Å². The maximum atomic E-state index is 12.5. The topological polar surface area (TPSA) is 82.0 Å². The fourth-order valence-corrected chi connectivity index (χ4v) is 2.14. The molecular weight excluding hydrogens is 370 g/mol. The van der Waals surface area contributed by atoms with E-state index in [1.54, 1.807) is 62.4 Å². The minimum Gasteiger partial charge on any atom is -0.325 e. The first-order valence-corrected chi connectivity index (χ1v) is 8.01. The fraction of sp³-hybridized carbons (Fsp3) is 0.167. The van der Waals surface area contributed by atoms with Crippen molar-refractivity contribution >= 4 is 39.1 Å². The van der Waals surface area contributed by atoms with Crippen molar-refractivity contribution in [2.45, 2.75) is 13.8 Å². The third-order valence-electron chi connectivity index (χ3n) is 3.49. The van der Waals surface area contributed by atoms with Crippen LogP contribution in [0.1, 0.15) is 19.4 Å². The quantitative estimate of drug-likeness (QED) is 0.782. The molecule has 0 aliphatic heterocycles. The number of carbonyl (C=O) groups is 2. The molecule has 0 aliphatic rings. The molecule has 0 unspecified atom stereocenters. The molecule has 24 heavy (non-hydrogen) atoms. The number of amides is 2. The molecule has 0 aliphatic carbocycles. The number of nitrogens with zero attached hydrogens (tertiary/aromatic N) is 1. The summed E-state index contributed by atoms with van der Waals surface area (Å²) >= 11 is 3.32. The molecule has 2 aromatic carbocycles. The third kappa shape index (κ3) is 4.21. The molecule has 0 atom stereocenters. The number of benzene rings is 2. The van der Waals surface area contributed by atoms with Crippen LogP contribution in [0.25, 0.3) is 0 Å². The van der Waals surface area contributed by atoms with E-state index in [0.29, 0.717) is 16.9 Å². The first kappa shape index (κ1) is 17.7. The molecule has 0 fully saturated rings. The summed E-state index contributed by atoms with van der Waals surface area (Å²) < 4.78 is 0.898. The van der Waals surface area contributed by atoms with E-state index in [4.69, 9.17) is 5.26 Å². The summed E-state index contributed by atoms with van der Waals surface area (Å²) in [6.45, 7) is 3.09. The van der Waals surface area contributed by atoms with Crippen LogP contribution in [-0.4, -0.2) is 11.8 Å². The van der Waals surface area contributed by atoms with Gasteiger partial charge in [0.15, 0.2) is 0 Å². The van der Waals surface area contributed by atoms with Gasteiger partial charge >= 0.3 is 0 Å². The first-order chi connectivity index (χ1) is 11.3. The summed E-state index contributed by atoms with van der Waals surface area (Å²) in [5, 5.41) is 14.3. The highest BCUT2D eigenvalue weighted by molar-refractivity contribution is 9.10. The Morgan fingerprint density at radius 1 is 1.00 bits per heavy atom. The minimum absolute atomic E-state index is 0.418. The second kappa shape index (κ2) is 7.28. The van der Waals surface area contributed by atoms with Crippen LogP contribution < -0.4 is 10.6 Å². The van der Waals surface area contributed by atoms with Crippen LogP contribution in [0.5, 0.6) is 0 Å². The van der Waals surface area contributed by atoms with Crippen LogP contribution in [-0.2, 0) is 9.59 Å². The summed E-state index contributed by atoms with van der Waals surface area (Å²) in [5.41, 5.74) is 0.236. The zero-order valence-corrected chi connectivity index (χ0v) is 14.8. The lowest BCUT2D eigenvalue weighted by atomic mass is 9.90. The van der Waals surface area contributed by atoms with Crippen LogP contribution in [0, 0.1) is 16.7 Å². The Hall–Kier alpha value is -2.65. The molecule has 2 aromatic rings. The lowest BCUT2D eigenvalue weighted by molar-refractivity contribution is -0.135. The Morgan fingerprint density at radius 3 is 2.17 bits per heavy atom. The average molecular weight is 386 g/mol. The van der Waals surface area contributed by atoms with Crippen molar-refractivity contribution in [3.05, 3.63) is 58.6 Å². The Morgan fingerprint density at radius 2 is 1.58 bits per heavy atom. The fourth-order valence-electron chi connectivity index (χ4n) is 1.88. The first-order valence-electron chi connectivity index (χ1n) is 7.21. The Bertz CT molecular complexity index is 808. The molecule has 122 valence electrons. The van der Waals surface area contributed by atoms with Gasteiger partial charge in [-0.15, -0.1) is 0 Å². The summed E-state index contributed by atoms with van der Waals surface area (Å²) in [7, 11) is 0. The van der Waals surface area contributed by atoms with Gasteiger partial charge in [-0.3, -0.25) is 9.59 Å². The molecule has 2 N–H and O–H groups in total. The molecular formula is C18H16BrN3O2. The average Bonchev–Trinajstić information content (AvgIpc) is 2.57. The van der Waals surface area contributed by atoms with Crippen molar-refractivity contribution in [3.63, 3.8) is 0 Å². The van der Waals surface area contributed by atoms with Crippen molar-refractivity contribution in [2.24, 2.45) is 5.41 Å². The summed E-state index contributed by atoms with van der Waals surface area (Å²) in [6, 6.07) is 15.6. The number of anilines is 2. The molecule has 0 radical (unpaired) electrons. The van der Waals surface area contributed by atoms with Crippen molar-refractivity contribution in [2.75, 3.05) is 10.6 Å². The zero-order valence-electron chi connectivity index (χ0n) is 13.3. The van der Waals surface area contributed by atoms with E-state index in [9.17, 15) is 9.59 Å². The Kier molecular flexibility index (Phi) is 5.37. The number of nitrogens with one attached hydrogen (secondary N) is 2. The van der Waals surface area contributed by atoms with Gasteiger partial charge in [-0.05, 0) is 56.3 Å². The van der Waals surface area contributed by atoms with E-state index in [-0.39, 0.29) is 0 Å². The predicted molar refractivity (Wildman–Crippen MR) is 96.3 cm³/mol. The van der Waals surface area contributed by atoms with Gasteiger partial charge in [0, 0.05) is 15.8 Å². The molecule has 0 aromatic heterocycles. The highest BCUT2D eigenvalue weighted by atomic mass is 79.9. The minimum atomic E-state index is -1.28. The summed E-state index contributed by atoms with van der Waals surface area (Å²) in [6.07, 6.45) is 0. The monoisotopic (exact) mass is 385 g/mol. The van der Waals surface area contributed by atoms with Crippen LogP contribution in [0.4, 0.5) is 11.4 Å². The number of carbonyl (C=O) groups excluding carboxylic acids is 2. The maximum Gasteiger partial charge on any atom is 0.239 e. The molecule has 2 amide bonds. The SMILES string of the molecule is CC(C)(C(=O)Nc1ccc(Br)cc1)C(=O)Nc1cccc(C#N)c1. The van der Waals surface area contributed by atoms with E-state index in [0.717, 1.165) is 4.47 Å². The van der Waals surface area contributed by atoms with Gasteiger partial charge in [0.1, 0.15) is 5.41 Å². The Labute approximate surface area is 148 Å². The second-order valence-electron chi connectivity index (χ2n) is 5.73. The largest absolute Gasteiger partial charge is 0.325 e. The zero-order chi connectivity index (χ0) is 17.7. The highest BCUT2D eigenvalue weighted by Gasteiger charge is 2.36. The van der Waals surface area contributed by atoms with E-state index in [2.05, 4.69) is 26.6 Å². The van der Waals surface area contributed by atoms with Crippen LogP contribution in [0.15, 0.2) is 53.0 Å². The predicted octanol–water partition coefficient (Wildman–Crippen LogP) is 3.92. The number of rotatable bonds is 4. The molecule has 0 spiro atoms. The molecule has 6 heteroatoms. The van der Waals surface area contributed by atoms with Crippen LogP contribution in [0.3, 0.4) is 0 Å². The van der Waals surface area contributed by atoms with E-state index >= 15 is 0 Å². The molecule has 2 rings (SSSR count). The van der Waals surface area contributed by atoms with Gasteiger partial charge in [0.2, 0.25) is 11.8 Å².